The van der Waals surface area contributed by atoms with E-state index in [-0.39, 0.29) is 18.5 Å². The zero-order valence-electron chi connectivity index (χ0n) is 11.5. The van der Waals surface area contributed by atoms with Gasteiger partial charge in [-0.25, -0.2) is 0 Å². The number of esters is 1. The monoisotopic (exact) mass is 264 g/mol. The fourth-order valence-corrected chi connectivity index (χ4v) is 1.70. The quantitative estimate of drug-likeness (QED) is 0.808. The van der Waals surface area contributed by atoms with E-state index in [0.717, 1.165) is 5.56 Å². The zero-order valence-corrected chi connectivity index (χ0v) is 11.5. The molecule has 0 bridgehead atoms. The third-order valence-electron chi connectivity index (χ3n) is 2.86. The lowest BCUT2D eigenvalue weighted by Gasteiger charge is -2.28. The summed E-state index contributed by atoms with van der Waals surface area (Å²) < 4.78 is 4.59. The molecule has 2 N–H and O–H groups in total. The SMILES string of the molecule is COC(=O)CN(C(=O)[C@H](N)c1ccccc1)C(C)C. The van der Waals surface area contributed by atoms with Gasteiger partial charge in [0.25, 0.3) is 0 Å². The fraction of sp³-hybridized carbons (Fsp3) is 0.429. The molecule has 1 amide bonds. The third kappa shape index (κ3) is 4.06. The van der Waals surface area contributed by atoms with E-state index < -0.39 is 12.0 Å². The second-order valence-electron chi connectivity index (χ2n) is 4.52. The maximum atomic E-state index is 12.3. The van der Waals surface area contributed by atoms with Crippen molar-refractivity contribution in [1.29, 1.82) is 0 Å². The molecule has 104 valence electrons. The van der Waals surface area contributed by atoms with Gasteiger partial charge >= 0.3 is 5.97 Å². The van der Waals surface area contributed by atoms with Crippen LogP contribution in [0, 0.1) is 0 Å². The molecule has 0 heterocycles. The molecule has 5 nitrogen and oxygen atoms in total. The molecule has 0 aliphatic rings. The first-order chi connectivity index (χ1) is 8.97. The Labute approximate surface area is 113 Å². The van der Waals surface area contributed by atoms with Gasteiger partial charge in [-0.15, -0.1) is 0 Å². The fourth-order valence-electron chi connectivity index (χ4n) is 1.70. The van der Waals surface area contributed by atoms with E-state index in [4.69, 9.17) is 5.73 Å². The van der Waals surface area contributed by atoms with Gasteiger partial charge in [-0.2, -0.15) is 0 Å². The molecule has 0 aliphatic heterocycles. The molecule has 0 aliphatic carbocycles. The van der Waals surface area contributed by atoms with Crippen LogP contribution in [0.5, 0.6) is 0 Å². The molecule has 0 aromatic heterocycles. The zero-order chi connectivity index (χ0) is 14.4. The van der Waals surface area contributed by atoms with Crippen molar-refractivity contribution in [2.75, 3.05) is 13.7 Å². The Balaban J connectivity index is 2.85. The van der Waals surface area contributed by atoms with Crippen LogP contribution < -0.4 is 5.73 Å². The third-order valence-corrected chi connectivity index (χ3v) is 2.86. The summed E-state index contributed by atoms with van der Waals surface area (Å²) in [4.78, 5) is 25.1. The molecule has 0 saturated carbocycles. The van der Waals surface area contributed by atoms with Crippen LogP contribution in [-0.2, 0) is 14.3 Å². The van der Waals surface area contributed by atoms with Gasteiger partial charge in [-0.05, 0) is 19.4 Å². The van der Waals surface area contributed by atoms with Gasteiger partial charge in [0, 0.05) is 6.04 Å². The van der Waals surface area contributed by atoms with Crippen LogP contribution in [0.1, 0.15) is 25.5 Å². The molecule has 0 spiro atoms. The molecule has 0 fully saturated rings. The number of carbonyl (C=O) groups excluding carboxylic acids is 2. The number of hydrogen-bond acceptors (Lipinski definition) is 4. The van der Waals surface area contributed by atoms with Gasteiger partial charge < -0.3 is 15.4 Å². The number of rotatable bonds is 5. The van der Waals surface area contributed by atoms with Crippen molar-refractivity contribution in [1.82, 2.24) is 4.90 Å². The number of nitrogens with zero attached hydrogens (tertiary/aromatic N) is 1. The molecule has 0 unspecified atom stereocenters. The highest BCUT2D eigenvalue weighted by atomic mass is 16.5. The van der Waals surface area contributed by atoms with E-state index in [2.05, 4.69) is 4.74 Å². The summed E-state index contributed by atoms with van der Waals surface area (Å²) in [5, 5.41) is 0. The van der Waals surface area contributed by atoms with Crippen LogP contribution in [0.15, 0.2) is 30.3 Å². The highest BCUT2D eigenvalue weighted by molar-refractivity contribution is 5.86. The number of methoxy groups -OCH3 is 1. The van der Waals surface area contributed by atoms with Crippen LogP contribution >= 0.6 is 0 Å². The van der Waals surface area contributed by atoms with Gasteiger partial charge in [0.1, 0.15) is 12.6 Å². The molecule has 0 saturated heterocycles. The number of ether oxygens (including phenoxy) is 1. The molecular formula is C14H20N2O3. The van der Waals surface area contributed by atoms with Crippen molar-refractivity contribution in [2.24, 2.45) is 5.73 Å². The number of nitrogens with two attached hydrogens (primary N) is 1. The molecule has 0 radical (unpaired) electrons. The normalized spacial score (nSPS) is 12.1. The number of amides is 1. The standard InChI is InChI=1S/C14H20N2O3/c1-10(2)16(9-12(17)19-3)14(18)13(15)11-7-5-4-6-8-11/h4-8,10,13H,9,15H2,1-3H3/t13-/m1/s1. The molecule has 1 aromatic rings. The Morgan fingerprint density at radius 2 is 1.84 bits per heavy atom. The maximum Gasteiger partial charge on any atom is 0.325 e. The van der Waals surface area contributed by atoms with Gasteiger partial charge in [0.15, 0.2) is 0 Å². The Morgan fingerprint density at radius 1 is 1.26 bits per heavy atom. The predicted octanol–water partition coefficient (Wildman–Crippen LogP) is 1.10. The summed E-state index contributed by atoms with van der Waals surface area (Å²) in [6, 6.07) is 8.19. The predicted molar refractivity (Wildman–Crippen MR) is 72.2 cm³/mol. The lowest BCUT2D eigenvalue weighted by atomic mass is 10.1. The summed E-state index contributed by atoms with van der Waals surface area (Å²) in [5.41, 5.74) is 6.68. The Bertz CT molecular complexity index is 432. The van der Waals surface area contributed by atoms with Crippen molar-refractivity contribution < 1.29 is 14.3 Å². The lowest BCUT2D eigenvalue weighted by molar-refractivity contribution is -0.148. The first kappa shape index (κ1) is 15.2. The van der Waals surface area contributed by atoms with E-state index in [0.29, 0.717) is 0 Å². The van der Waals surface area contributed by atoms with Crippen LogP contribution in [-0.4, -0.2) is 36.5 Å². The molecule has 19 heavy (non-hydrogen) atoms. The lowest BCUT2D eigenvalue weighted by Crippen LogP contribution is -2.45. The van der Waals surface area contributed by atoms with Crippen molar-refractivity contribution in [2.45, 2.75) is 25.9 Å². The molecular weight excluding hydrogens is 244 g/mol. The highest BCUT2D eigenvalue weighted by Crippen LogP contribution is 2.14. The van der Waals surface area contributed by atoms with Crippen LogP contribution in [0.3, 0.4) is 0 Å². The first-order valence-electron chi connectivity index (χ1n) is 6.15. The Morgan fingerprint density at radius 3 is 2.32 bits per heavy atom. The van der Waals surface area contributed by atoms with E-state index in [1.54, 1.807) is 12.1 Å². The average molecular weight is 264 g/mol. The Hall–Kier alpha value is -1.88. The summed E-state index contributed by atoms with van der Waals surface area (Å²) in [5.74, 6) is -0.742. The topological polar surface area (TPSA) is 72.6 Å². The van der Waals surface area contributed by atoms with Crippen LogP contribution in [0.4, 0.5) is 0 Å². The second kappa shape index (κ2) is 6.89. The average Bonchev–Trinajstić information content (AvgIpc) is 2.43. The molecule has 1 rings (SSSR count). The van der Waals surface area contributed by atoms with E-state index >= 15 is 0 Å². The smallest absolute Gasteiger partial charge is 0.325 e. The largest absolute Gasteiger partial charge is 0.468 e. The number of benzene rings is 1. The van der Waals surface area contributed by atoms with Crippen LogP contribution in [0.25, 0.3) is 0 Å². The first-order valence-corrected chi connectivity index (χ1v) is 6.15. The minimum Gasteiger partial charge on any atom is -0.468 e. The second-order valence-corrected chi connectivity index (χ2v) is 4.52. The van der Waals surface area contributed by atoms with Gasteiger partial charge in [-0.3, -0.25) is 9.59 Å². The molecule has 1 aromatic carbocycles. The van der Waals surface area contributed by atoms with Gasteiger partial charge in [-0.1, -0.05) is 30.3 Å². The minimum absolute atomic E-state index is 0.0897. The summed E-state index contributed by atoms with van der Waals surface area (Å²) in [7, 11) is 1.29. The van der Waals surface area contributed by atoms with Crippen molar-refractivity contribution in [3.05, 3.63) is 35.9 Å². The van der Waals surface area contributed by atoms with E-state index in [1.165, 1.54) is 12.0 Å². The molecule has 1 atom stereocenters. The molecule has 5 heteroatoms. The van der Waals surface area contributed by atoms with Crippen molar-refractivity contribution in [3.63, 3.8) is 0 Å². The van der Waals surface area contributed by atoms with Crippen molar-refractivity contribution in [3.8, 4) is 0 Å². The summed E-state index contributed by atoms with van der Waals surface area (Å²) >= 11 is 0. The van der Waals surface area contributed by atoms with Crippen LogP contribution in [0.2, 0.25) is 0 Å². The van der Waals surface area contributed by atoms with Gasteiger partial charge in [0.05, 0.1) is 7.11 Å². The maximum absolute atomic E-state index is 12.3. The summed E-state index contributed by atoms with van der Waals surface area (Å²) in [6.45, 7) is 3.57. The summed E-state index contributed by atoms with van der Waals surface area (Å²) in [6.07, 6.45) is 0. The van der Waals surface area contributed by atoms with Crippen molar-refractivity contribution >= 4 is 11.9 Å². The number of hydrogen-bond donors (Lipinski definition) is 1. The van der Waals surface area contributed by atoms with E-state index in [9.17, 15) is 9.59 Å². The minimum atomic E-state index is -0.770. The van der Waals surface area contributed by atoms with E-state index in [1.807, 2.05) is 32.0 Å². The number of carbonyl (C=O) groups is 2. The highest BCUT2D eigenvalue weighted by Gasteiger charge is 2.26. The Kier molecular flexibility index (Phi) is 5.51. The van der Waals surface area contributed by atoms with Gasteiger partial charge in [0.2, 0.25) is 5.91 Å².